The summed E-state index contributed by atoms with van der Waals surface area (Å²) in [6.07, 6.45) is -3.95. The van der Waals surface area contributed by atoms with E-state index in [-0.39, 0.29) is 12.2 Å². The predicted molar refractivity (Wildman–Crippen MR) is 79.1 cm³/mol. The number of rotatable bonds is 4. The third kappa shape index (κ3) is 4.00. The molecule has 1 aromatic heterocycles. The van der Waals surface area contributed by atoms with Gasteiger partial charge in [0.2, 0.25) is 0 Å². The second kappa shape index (κ2) is 6.68. The van der Waals surface area contributed by atoms with Gasteiger partial charge in [-0.1, -0.05) is 31.2 Å². The number of alkyl halides is 3. The van der Waals surface area contributed by atoms with Crippen LogP contribution in [-0.2, 0) is 19.1 Å². The van der Waals surface area contributed by atoms with Gasteiger partial charge in [-0.05, 0) is 29.7 Å². The third-order valence-electron chi connectivity index (χ3n) is 3.40. The molecule has 0 bridgehead atoms. The summed E-state index contributed by atoms with van der Waals surface area (Å²) in [5.41, 5.74) is -0.896. The van der Waals surface area contributed by atoms with Crippen LogP contribution in [0.4, 0.5) is 13.2 Å². The van der Waals surface area contributed by atoms with Gasteiger partial charge in [0, 0.05) is 6.54 Å². The molecule has 7 heteroatoms. The number of benzene rings is 1. The van der Waals surface area contributed by atoms with Gasteiger partial charge in [-0.3, -0.25) is 9.59 Å². The Morgan fingerprint density at radius 2 is 1.78 bits per heavy atom. The van der Waals surface area contributed by atoms with E-state index in [0.717, 1.165) is 23.6 Å². The molecule has 0 fully saturated rings. The minimum absolute atomic E-state index is 0.211. The molecule has 1 heterocycles. The molecule has 0 aliphatic heterocycles. The fourth-order valence-corrected chi connectivity index (χ4v) is 2.17. The average Bonchev–Trinajstić information content (AvgIpc) is 2.51. The summed E-state index contributed by atoms with van der Waals surface area (Å²) in [5.74, 6) is -0.637. The first-order chi connectivity index (χ1) is 10.8. The number of H-pyrrole nitrogens is 1. The lowest BCUT2D eigenvalue weighted by atomic mass is 10.1. The third-order valence-corrected chi connectivity index (χ3v) is 3.40. The van der Waals surface area contributed by atoms with E-state index in [2.05, 4.69) is 5.32 Å². The van der Waals surface area contributed by atoms with Gasteiger partial charge in [-0.15, -0.1) is 0 Å². The summed E-state index contributed by atoms with van der Waals surface area (Å²) in [6.45, 7) is 2.21. The highest BCUT2D eigenvalue weighted by Gasteiger charge is 2.34. The molecule has 122 valence electrons. The lowest BCUT2D eigenvalue weighted by Gasteiger charge is -2.10. The molecule has 23 heavy (non-hydrogen) atoms. The fourth-order valence-electron chi connectivity index (χ4n) is 2.17. The van der Waals surface area contributed by atoms with Crippen molar-refractivity contribution >= 4 is 5.91 Å². The largest absolute Gasteiger partial charge is 0.421 e. The number of aromatic amines is 1. The Hall–Kier alpha value is -2.57. The number of pyridine rings is 1. The van der Waals surface area contributed by atoms with E-state index in [4.69, 9.17) is 0 Å². The van der Waals surface area contributed by atoms with Crippen LogP contribution in [0.3, 0.4) is 0 Å². The SMILES string of the molecule is CCc1ccccc1CNC(=O)c1ccc(C(F)(F)F)c(=O)[nH]1. The summed E-state index contributed by atoms with van der Waals surface area (Å²) in [6, 6.07) is 9.06. The molecular formula is C16H15F3N2O2. The Balaban J connectivity index is 2.13. The number of halogens is 3. The van der Waals surface area contributed by atoms with Crippen LogP contribution in [0.5, 0.6) is 0 Å². The van der Waals surface area contributed by atoms with E-state index < -0.39 is 23.2 Å². The lowest BCUT2D eigenvalue weighted by Crippen LogP contribution is -2.29. The summed E-state index contributed by atoms with van der Waals surface area (Å²) >= 11 is 0. The van der Waals surface area contributed by atoms with Crippen molar-refractivity contribution in [2.45, 2.75) is 26.1 Å². The lowest BCUT2D eigenvalue weighted by molar-refractivity contribution is -0.138. The van der Waals surface area contributed by atoms with Crippen molar-refractivity contribution in [2.24, 2.45) is 0 Å². The normalized spacial score (nSPS) is 11.3. The summed E-state index contributed by atoms with van der Waals surface area (Å²) in [5, 5.41) is 2.59. The molecule has 0 saturated heterocycles. The topological polar surface area (TPSA) is 62.0 Å². The number of carbonyl (C=O) groups excluding carboxylic acids is 1. The molecule has 0 radical (unpaired) electrons. The van der Waals surface area contributed by atoms with Crippen LogP contribution in [0.2, 0.25) is 0 Å². The molecule has 0 spiro atoms. The van der Waals surface area contributed by atoms with Crippen molar-refractivity contribution in [3.63, 3.8) is 0 Å². The molecule has 0 saturated carbocycles. The van der Waals surface area contributed by atoms with E-state index >= 15 is 0 Å². The summed E-state index contributed by atoms with van der Waals surface area (Å²) < 4.78 is 37.5. The zero-order chi connectivity index (χ0) is 17.0. The van der Waals surface area contributed by atoms with Crippen molar-refractivity contribution in [1.29, 1.82) is 0 Å². The number of carbonyl (C=O) groups is 1. The fraction of sp³-hybridized carbons (Fsp3) is 0.250. The molecule has 2 aromatic rings. The zero-order valence-corrected chi connectivity index (χ0v) is 12.3. The van der Waals surface area contributed by atoms with Crippen LogP contribution in [0.25, 0.3) is 0 Å². The molecule has 1 aromatic carbocycles. The molecule has 2 N–H and O–H groups in total. The highest BCUT2D eigenvalue weighted by molar-refractivity contribution is 5.92. The van der Waals surface area contributed by atoms with Crippen LogP contribution in [0.15, 0.2) is 41.2 Å². The standard InChI is InChI=1S/C16H15F3N2O2/c1-2-10-5-3-4-6-11(10)9-20-15(23)13-8-7-12(14(22)21-13)16(17,18)19/h3-8H,2,9H2,1H3,(H,20,23)(H,21,22). The Labute approximate surface area is 130 Å². The van der Waals surface area contributed by atoms with Gasteiger partial charge in [0.05, 0.1) is 0 Å². The second-order valence-corrected chi connectivity index (χ2v) is 4.92. The van der Waals surface area contributed by atoms with Crippen LogP contribution in [0.1, 0.15) is 34.1 Å². The number of aromatic nitrogens is 1. The summed E-state index contributed by atoms with van der Waals surface area (Å²) in [7, 11) is 0. The van der Waals surface area contributed by atoms with Crippen molar-refractivity contribution in [3.05, 3.63) is 69.1 Å². The minimum Gasteiger partial charge on any atom is -0.347 e. The average molecular weight is 324 g/mol. The molecule has 4 nitrogen and oxygen atoms in total. The van der Waals surface area contributed by atoms with Gasteiger partial charge in [0.1, 0.15) is 11.3 Å². The zero-order valence-electron chi connectivity index (χ0n) is 12.3. The van der Waals surface area contributed by atoms with Crippen LogP contribution in [-0.4, -0.2) is 10.9 Å². The van der Waals surface area contributed by atoms with Crippen LogP contribution in [0, 0.1) is 0 Å². The first-order valence-corrected chi connectivity index (χ1v) is 6.98. The first-order valence-electron chi connectivity index (χ1n) is 6.98. The van der Waals surface area contributed by atoms with Gasteiger partial charge in [0.25, 0.3) is 11.5 Å². The van der Waals surface area contributed by atoms with E-state index in [1.165, 1.54) is 0 Å². The van der Waals surface area contributed by atoms with Crippen molar-refractivity contribution in [3.8, 4) is 0 Å². The molecule has 2 rings (SSSR count). The van der Waals surface area contributed by atoms with E-state index in [1.54, 1.807) is 0 Å². The van der Waals surface area contributed by atoms with Crippen molar-refractivity contribution < 1.29 is 18.0 Å². The quantitative estimate of drug-likeness (QED) is 0.908. The van der Waals surface area contributed by atoms with Crippen LogP contribution < -0.4 is 10.9 Å². The number of aryl methyl sites for hydroxylation is 1. The van der Waals surface area contributed by atoms with Gasteiger partial charge in [-0.2, -0.15) is 13.2 Å². The molecule has 0 aliphatic rings. The molecule has 0 unspecified atom stereocenters. The van der Waals surface area contributed by atoms with Gasteiger partial charge < -0.3 is 10.3 Å². The number of hydrogen-bond acceptors (Lipinski definition) is 2. The van der Waals surface area contributed by atoms with Gasteiger partial charge >= 0.3 is 6.18 Å². The number of amides is 1. The van der Waals surface area contributed by atoms with Gasteiger partial charge in [-0.25, -0.2) is 0 Å². The molecule has 0 atom stereocenters. The Morgan fingerprint density at radius 3 is 2.35 bits per heavy atom. The Kier molecular flexibility index (Phi) is 4.88. The molecular weight excluding hydrogens is 309 g/mol. The van der Waals surface area contributed by atoms with Crippen molar-refractivity contribution in [2.75, 3.05) is 0 Å². The monoisotopic (exact) mass is 324 g/mol. The minimum atomic E-state index is -4.75. The number of hydrogen-bond donors (Lipinski definition) is 2. The summed E-state index contributed by atoms with van der Waals surface area (Å²) in [4.78, 5) is 25.3. The molecule has 1 amide bonds. The maximum atomic E-state index is 12.5. The van der Waals surface area contributed by atoms with Crippen LogP contribution >= 0.6 is 0 Å². The maximum absolute atomic E-state index is 12.5. The van der Waals surface area contributed by atoms with E-state index in [0.29, 0.717) is 6.07 Å². The Morgan fingerprint density at radius 1 is 1.13 bits per heavy atom. The van der Waals surface area contributed by atoms with Crippen molar-refractivity contribution in [1.82, 2.24) is 10.3 Å². The smallest absolute Gasteiger partial charge is 0.347 e. The maximum Gasteiger partial charge on any atom is 0.421 e. The first kappa shape index (κ1) is 16.8. The van der Waals surface area contributed by atoms with E-state index in [1.807, 2.05) is 36.2 Å². The predicted octanol–water partition coefficient (Wildman–Crippen LogP) is 2.89. The second-order valence-electron chi connectivity index (χ2n) is 4.92. The number of nitrogens with one attached hydrogen (secondary N) is 2. The Bertz CT molecular complexity index is 766. The van der Waals surface area contributed by atoms with E-state index in [9.17, 15) is 22.8 Å². The van der Waals surface area contributed by atoms with Gasteiger partial charge in [0.15, 0.2) is 0 Å². The highest BCUT2D eigenvalue weighted by Crippen LogP contribution is 2.25. The molecule has 0 aliphatic carbocycles. The highest BCUT2D eigenvalue weighted by atomic mass is 19.4.